The minimum absolute atomic E-state index is 0.135. The maximum absolute atomic E-state index is 12.1. The molecule has 0 saturated heterocycles. The van der Waals surface area contributed by atoms with E-state index in [0.29, 0.717) is 12.2 Å². The van der Waals surface area contributed by atoms with Gasteiger partial charge in [0.25, 0.3) is 5.91 Å². The average molecular weight is 277 g/mol. The van der Waals surface area contributed by atoms with Crippen molar-refractivity contribution < 1.29 is 10.0 Å². The first-order chi connectivity index (χ1) is 9.71. The summed E-state index contributed by atoms with van der Waals surface area (Å²) < 4.78 is 0. The van der Waals surface area contributed by atoms with E-state index in [2.05, 4.69) is 29.2 Å². The van der Waals surface area contributed by atoms with Gasteiger partial charge in [0.1, 0.15) is 0 Å². The van der Waals surface area contributed by atoms with E-state index < -0.39 is 0 Å². The lowest BCUT2D eigenvalue weighted by Crippen LogP contribution is -2.37. The van der Waals surface area contributed by atoms with Crippen LogP contribution < -0.4 is 5.32 Å². The molecule has 110 valence electrons. The third-order valence-corrected chi connectivity index (χ3v) is 2.87. The Morgan fingerprint density at radius 1 is 1.20 bits per heavy atom. The van der Waals surface area contributed by atoms with Gasteiger partial charge in [0, 0.05) is 12.2 Å². The Morgan fingerprint density at radius 2 is 1.80 bits per heavy atom. The number of hydrogen-bond acceptors (Lipinski definition) is 4. The summed E-state index contributed by atoms with van der Waals surface area (Å²) in [5.41, 5.74) is 0.826. The first-order valence-electron chi connectivity index (χ1n) is 7.00. The Kier molecular flexibility index (Phi) is 7.35. The van der Waals surface area contributed by atoms with E-state index in [1.165, 1.54) is 0 Å². The molecule has 0 atom stereocenters. The van der Waals surface area contributed by atoms with Crippen LogP contribution in [0.25, 0.3) is 0 Å². The van der Waals surface area contributed by atoms with Crippen LogP contribution in [0.1, 0.15) is 26.7 Å². The summed E-state index contributed by atoms with van der Waals surface area (Å²) in [5.74, 6) is -0.365. The average Bonchev–Trinajstić information content (AvgIpc) is 2.46. The van der Waals surface area contributed by atoms with Crippen molar-refractivity contribution in [1.29, 1.82) is 0 Å². The summed E-state index contributed by atoms with van der Waals surface area (Å²) in [4.78, 5) is 14.2. The molecule has 1 rings (SSSR count). The fourth-order valence-corrected chi connectivity index (χ4v) is 1.99. The van der Waals surface area contributed by atoms with Crippen LogP contribution in [0.15, 0.2) is 35.5 Å². The highest BCUT2D eigenvalue weighted by atomic mass is 16.4. The molecular weight excluding hydrogens is 254 g/mol. The van der Waals surface area contributed by atoms with Crippen LogP contribution in [0.4, 0.5) is 5.69 Å². The second-order valence-corrected chi connectivity index (χ2v) is 4.64. The molecule has 0 bridgehead atoms. The molecule has 0 heterocycles. The molecule has 0 aromatic heterocycles. The lowest BCUT2D eigenvalue weighted by molar-refractivity contribution is -0.110. The number of amides is 1. The van der Waals surface area contributed by atoms with Crippen LogP contribution in [0.3, 0.4) is 0 Å². The molecule has 1 aromatic carbocycles. The van der Waals surface area contributed by atoms with E-state index in [-0.39, 0.29) is 11.6 Å². The molecule has 2 N–H and O–H groups in total. The van der Waals surface area contributed by atoms with Crippen LogP contribution >= 0.6 is 0 Å². The van der Waals surface area contributed by atoms with Gasteiger partial charge in [0.15, 0.2) is 5.71 Å². The fraction of sp³-hybridized carbons (Fsp3) is 0.467. The van der Waals surface area contributed by atoms with Gasteiger partial charge in [-0.15, -0.1) is 0 Å². The van der Waals surface area contributed by atoms with Crippen LogP contribution in [-0.4, -0.2) is 41.4 Å². The molecule has 1 amide bonds. The van der Waals surface area contributed by atoms with Crippen molar-refractivity contribution in [3.05, 3.63) is 30.3 Å². The van der Waals surface area contributed by atoms with Gasteiger partial charge in [-0.3, -0.25) is 9.69 Å². The predicted octanol–water partition coefficient (Wildman–Crippen LogP) is 2.58. The summed E-state index contributed by atoms with van der Waals surface area (Å²) >= 11 is 0. The normalized spacial score (nSPS) is 11.7. The zero-order valence-electron chi connectivity index (χ0n) is 12.2. The monoisotopic (exact) mass is 277 g/mol. The number of carbonyl (C=O) groups is 1. The topological polar surface area (TPSA) is 64.9 Å². The van der Waals surface area contributed by atoms with Gasteiger partial charge >= 0.3 is 0 Å². The summed E-state index contributed by atoms with van der Waals surface area (Å²) in [6.45, 7) is 6.29. The number of nitrogens with one attached hydrogen (secondary N) is 1. The maximum Gasteiger partial charge on any atom is 0.274 e. The van der Waals surface area contributed by atoms with Crippen molar-refractivity contribution in [1.82, 2.24) is 4.90 Å². The highest BCUT2D eigenvalue weighted by Crippen LogP contribution is 2.05. The lowest BCUT2D eigenvalue weighted by Gasteiger charge is -2.20. The number of rotatable bonds is 8. The summed E-state index contributed by atoms with van der Waals surface area (Å²) in [5, 5.41) is 14.9. The molecule has 0 aliphatic carbocycles. The van der Waals surface area contributed by atoms with Crippen LogP contribution in [0.5, 0.6) is 0 Å². The van der Waals surface area contributed by atoms with Crippen molar-refractivity contribution in [3.63, 3.8) is 0 Å². The summed E-state index contributed by atoms with van der Waals surface area (Å²) in [6, 6.07) is 9.14. The largest absolute Gasteiger partial charge is 0.410 e. The van der Waals surface area contributed by atoms with Crippen molar-refractivity contribution in [2.75, 3.05) is 25.0 Å². The van der Waals surface area contributed by atoms with E-state index >= 15 is 0 Å². The molecule has 0 unspecified atom stereocenters. The molecule has 0 aliphatic rings. The Labute approximate surface area is 120 Å². The number of oxime groups is 1. The van der Waals surface area contributed by atoms with Crippen LogP contribution in [0.2, 0.25) is 0 Å². The van der Waals surface area contributed by atoms with E-state index in [9.17, 15) is 4.79 Å². The van der Waals surface area contributed by atoms with E-state index in [1.807, 2.05) is 18.2 Å². The number of hydrogen-bond donors (Lipinski definition) is 2. The van der Waals surface area contributed by atoms with E-state index in [1.54, 1.807) is 12.1 Å². The maximum atomic E-state index is 12.1. The minimum Gasteiger partial charge on any atom is -0.410 e. The molecule has 1 aromatic rings. The predicted molar refractivity (Wildman–Crippen MR) is 81.3 cm³/mol. The first-order valence-corrected chi connectivity index (χ1v) is 7.00. The standard InChI is InChI=1S/C15H23N3O2/c1-3-10-18(11-4-2)12-14(17-20)15(19)16-13-8-6-5-7-9-13/h5-9,20H,3-4,10-12H2,1-2H3,(H,16,19)/b17-14-. The zero-order chi connectivity index (χ0) is 14.8. The van der Waals surface area contributed by atoms with Gasteiger partial charge in [-0.2, -0.15) is 0 Å². The smallest absolute Gasteiger partial charge is 0.274 e. The quantitative estimate of drug-likeness (QED) is 0.436. The molecule has 0 saturated carbocycles. The second kappa shape index (κ2) is 9.09. The number of benzene rings is 1. The van der Waals surface area contributed by atoms with Crippen molar-refractivity contribution in [2.24, 2.45) is 5.16 Å². The van der Waals surface area contributed by atoms with Gasteiger partial charge in [-0.1, -0.05) is 37.2 Å². The molecule has 5 heteroatoms. The second-order valence-electron chi connectivity index (χ2n) is 4.64. The van der Waals surface area contributed by atoms with Gasteiger partial charge in [-0.05, 0) is 38.1 Å². The molecule has 0 aliphatic heterocycles. The lowest BCUT2D eigenvalue weighted by atomic mass is 10.2. The van der Waals surface area contributed by atoms with E-state index in [0.717, 1.165) is 25.9 Å². The Balaban J connectivity index is 2.63. The minimum atomic E-state index is -0.365. The molecule has 0 spiro atoms. The Bertz CT molecular complexity index is 426. The van der Waals surface area contributed by atoms with Gasteiger partial charge in [0.2, 0.25) is 0 Å². The van der Waals surface area contributed by atoms with Crippen LogP contribution in [-0.2, 0) is 4.79 Å². The molecule has 5 nitrogen and oxygen atoms in total. The van der Waals surface area contributed by atoms with Crippen LogP contribution in [0, 0.1) is 0 Å². The number of carbonyl (C=O) groups excluding carboxylic acids is 1. The van der Waals surface area contributed by atoms with Gasteiger partial charge in [0.05, 0.1) is 0 Å². The molecule has 20 heavy (non-hydrogen) atoms. The third kappa shape index (κ3) is 5.40. The van der Waals surface area contributed by atoms with Gasteiger partial charge in [-0.25, -0.2) is 0 Å². The third-order valence-electron chi connectivity index (χ3n) is 2.87. The number of nitrogens with zero attached hydrogens (tertiary/aromatic N) is 2. The highest BCUT2D eigenvalue weighted by molar-refractivity contribution is 6.43. The summed E-state index contributed by atoms with van der Waals surface area (Å²) in [6.07, 6.45) is 2.00. The Morgan fingerprint density at radius 3 is 2.30 bits per heavy atom. The van der Waals surface area contributed by atoms with Gasteiger partial charge < -0.3 is 10.5 Å². The molecule has 0 fully saturated rings. The SMILES string of the molecule is CCCN(CCC)C/C(=N/O)C(=O)Nc1ccccc1. The summed E-state index contributed by atoms with van der Waals surface area (Å²) in [7, 11) is 0. The van der Waals surface area contributed by atoms with E-state index in [4.69, 9.17) is 5.21 Å². The molecule has 0 radical (unpaired) electrons. The van der Waals surface area contributed by atoms with Crippen molar-refractivity contribution >= 4 is 17.3 Å². The fourth-order valence-electron chi connectivity index (χ4n) is 1.99. The number of para-hydroxylation sites is 1. The van der Waals surface area contributed by atoms with Crippen molar-refractivity contribution in [2.45, 2.75) is 26.7 Å². The Hall–Kier alpha value is -1.88. The number of anilines is 1. The zero-order valence-corrected chi connectivity index (χ0v) is 12.2. The first kappa shape index (κ1) is 16.2. The van der Waals surface area contributed by atoms with Crippen molar-refractivity contribution in [3.8, 4) is 0 Å². The molecular formula is C15H23N3O2. The highest BCUT2D eigenvalue weighted by Gasteiger charge is 2.16.